The van der Waals surface area contributed by atoms with E-state index in [9.17, 15) is 9.90 Å². The number of ether oxygens (including phenoxy) is 1. The maximum absolute atomic E-state index is 12.0. The third kappa shape index (κ3) is 2.58. The van der Waals surface area contributed by atoms with Crippen molar-refractivity contribution >= 4 is 28.9 Å². The van der Waals surface area contributed by atoms with Crippen LogP contribution in [-0.2, 0) is 4.79 Å². The minimum atomic E-state index is -0.0855. The summed E-state index contributed by atoms with van der Waals surface area (Å²) in [6, 6.07) is 4.94. The van der Waals surface area contributed by atoms with Gasteiger partial charge in [0.1, 0.15) is 0 Å². The molecule has 1 aromatic carbocycles. The Morgan fingerprint density at radius 1 is 1.47 bits per heavy atom. The lowest BCUT2D eigenvalue weighted by Gasteiger charge is -2.05. The van der Waals surface area contributed by atoms with Gasteiger partial charge < -0.3 is 9.84 Å². The summed E-state index contributed by atoms with van der Waals surface area (Å²) in [5.74, 6) is 0.364. The van der Waals surface area contributed by atoms with Crippen LogP contribution in [0.4, 0.5) is 0 Å². The first kappa shape index (κ1) is 13.5. The second-order valence-corrected chi connectivity index (χ2v) is 4.92. The van der Waals surface area contributed by atoms with Crippen LogP contribution in [0, 0.1) is 0 Å². The Morgan fingerprint density at radius 2 is 2.21 bits per heavy atom. The molecule has 0 radical (unpaired) electrons. The number of phenols is 1. The molecule has 1 heterocycles. The Morgan fingerprint density at radius 3 is 2.79 bits per heavy atom. The van der Waals surface area contributed by atoms with Gasteiger partial charge in [0.15, 0.2) is 16.7 Å². The van der Waals surface area contributed by atoms with Gasteiger partial charge in [-0.25, -0.2) is 0 Å². The van der Waals surface area contributed by atoms with Crippen molar-refractivity contribution in [2.45, 2.75) is 0 Å². The van der Waals surface area contributed by atoms with Crippen molar-refractivity contribution in [3.8, 4) is 11.5 Å². The van der Waals surface area contributed by atoms with Crippen molar-refractivity contribution in [1.82, 2.24) is 4.90 Å². The molecule has 0 aromatic heterocycles. The van der Waals surface area contributed by atoms with E-state index in [1.165, 1.54) is 29.8 Å². The average Bonchev–Trinajstić information content (AvgIpc) is 2.68. The first-order valence-electron chi connectivity index (χ1n) is 5.58. The Balaban J connectivity index is 2.35. The molecule has 1 aliphatic rings. The van der Waals surface area contributed by atoms with Gasteiger partial charge in [0.05, 0.1) is 12.0 Å². The van der Waals surface area contributed by atoms with Gasteiger partial charge in [0, 0.05) is 14.1 Å². The zero-order valence-electron chi connectivity index (χ0n) is 10.9. The number of amides is 1. The van der Waals surface area contributed by atoms with Gasteiger partial charge in [-0.3, -0.25) is 14.7 Å². The van der Waals surface area contributed by atoms with E-state index in [-0.39, 0.29) is 11.7 Å². The summed E-state index contributed by atoms with van der Waals surface area (Å²) in [6.07, 6.45) is 1.75. The molecule has 19 heavy (non-hydrogen) atoms. The van der Waals surface area contributed by atoms with Crippen LogP contribution in [-0.4, -0.2) is 42.3 Å². The molecule has 0 spiro atoms. The van der Waals surface area contributed by atoms with E-state index in [2.05, 4.69) is 4.99 Å². The normalized spacial score (nSPS) is 19.5. The maximum Gasteiger partial charge on any atom is 0.266 e. The highest BCUT2D eigenvalue weighted by Crippen LogP contribution is 2.33. The third-order valence-electron chi connectivity index (χ3n) is 2.70. The number of amidine groups is 1. The first-order valence-corrected chi connectivity index (χ1v) is 6.40. The first-order chi connectivity index (χ1) is 9.06. The Labute approximate surface area is 115 Å². The quantitative estimate of drug-likeness (QED) is 0.840. The molecule has 100 valence electrons. The van der Waals surface area contributed by atoms with Crippen molar-refractivity contribution in [2.75, 3.05) is 21.2 Å². The van der Waals surface area contributed by atoms with Crippen LogP contribution in [0.5, 0.6) is 11.5 Å². The summed E-state index contributed by atoms with van der Waals surface area (Å²) in [7, 11) is 4.83. The van der Waals surface area contributed by atoms with Crippen molar-refractivity contribution in [3.63, 3.8) is 0 Å². The number of likely N-dealkylation sites (N-methyl/N-ethyl adjacent to an activating group) is 1. The van der Waals surface area contributed by atoms with Crippen molar-refractivity contribution in [3.05, 3.63) is 28.7 Å². The standard InChI is InChI=1S/C13H14N2O3S/c1-14-13-15(2)12(17)11(19-13)7-8-4-5-9(16)10(6-8)18-3/h4-7,16H,1-3H3/b11-7+,14-13?. The van der Waals surface area contributed by atoms with Crippen LogP contribution in [0.3, 0.4) is 0 Å². The van der Waals surface area contributed by atoms with E-state index >= 15 is 0 Å². The molecule has 1 fully saturated rings. The molecule has 0 bridgehead atoms. The van der Waals surface area contributed by atoms with Crippen LogP contribution < -0.4 is 4.74 Å². The monoisotopic (exact) mass is 278 g/mol. The number of benzene rings is 1. The van der Waals surface area contributed by atoms with E-state index in [1.54, 1.807) is 32.3 Å². The number of carbonyl (C=O) groups excluding carboxylic acids is 1. The minimum absolute atomic E-state index is 0.0722. The number of hydrogen-bond acceptors (Lipinski definition) is 5. The summed E-state index contributed by atoms with van der Waals surface area (Å²) in [6.45, 7) is 0. The largest absolute Gasteiger partial charge is 0.504 e. The molecular formula is C13H14N2O3S. The molecule has 2 rings (SSSR count). The summed E-state index contributed by atoms with van der Waals surface area (Å²) < 4.78 is 5.04. The van der Waals surface area contributed by atoms with Gasteiger partial charge in [-0.2, -0.15) is 0 Å². The van der Waals surface area contributed by atoms with Crippen molar-refractivity contribution in [1.29, 1.82) is 0 Å². The van der Waals surface area contributed by atoms with Crippen LogP contribution in [0.1, 0.15) is 5.56 Å². The number of hydrogen-bond donors (Lipinski definition) is 1. The molecule has 1 saturated heterocycles. The van der Waals surface area contributed by atoms with Crippen LogP contribution in [0.25, 0.3) is 6.08 Å². The molecule has 0 aliphatic carbocycles. The highest BCUT2D eigenvalue weighted by Gasteiger charge is 2.29. The lowest BCUT2D eigenvalue weighted by molar-refractivity contribution is -0.121. The zero-order chi connectivity index (χ0) is 14.0. The summed E-state index contributed by atoms with van der Waals surface area (Å²) in [5.41, 5.74) is 0.788. The van der Waals surface area contributed by atoms with Crippen LogP contribution >= 0.6 is 11.8 Å². The van der Waals surface area contributed by atoms with Gasteiger partial charge in [-0.1, -0.05) is 6.07 Å². The second-order valence-electron chi connectivity index (χ2n) is 3.91. The number of phenolic OH excluding ortho intramolecular Hbond substituents is 1. The van der Waals surface area contributed by atoms with Gasteiger partial charge >= 0.3 is 0 Å². The van der Waals surface area contributed by atoms with E-state index in [1.807, 2.05) is 0 Å². The lowest BCUT2D eigenvalue weighted by Crippen LogP contribution is -2.23. The zero-order valence-corrected chi connectivity index (χ0v) is 11.7. The average molecular weight is 278 g/mol. The maximum atomic E-state index is 12.0. The smallest absolute Gasteiger partial charge is 0.266 e. The molecule has 0 atom stereocenters. The molecule has 1 N–H and O–H groups in total. The summed E-state index contributed by atoms with van der Waals surface area (Å²) >= 11 is 1.32. The molecule has 1 aromatic rings. The Bertz CT molecular complexity index is 581. The second kappa shape index (κ2) is 5.36. The molecule has 1 aliphatic heterocycles. The molecular weight excluding hydrogens is 264 g/mol. The number of methoxy groups -OCH3 is 1. The molecule has 1 amide bonds. The Kier molecular flexibility index (Phi) is 3.80. The molecule has 0 saturated carbocycles. The SMILES string of the molecule is CN=C1S/C(=C/c2ccc(O)c(OC)c2)C(=O)N1C. The highest BCUT2D eigenvalue weighted by atomic mass is 32.2. The predicted octanol–water partition coefficient (Wildman–Crippen LogP) is 1.93. The van der Waals surface area contributed by atoms with Gasteiger partial charge in [0.25, 0.3) is 5.91 Å². The van der Waals surface area contributed by atoms with Gasteiger partial charge in [0.2, 0.25) is 0 Å². The Hall–Kier alpha value is -1.95. The number of aromatic hydroxyl groups is 1. The van der Waals surface area contributed by atoms with E-state index in [0.29, 0.717) is 15.8 Å². The molecule has 6 heteroatoms. The molecule has 0 unspecified atom stereocenters. The van der Waals surface area contributed by atoms with Crippen LogP contribution in [0.15, 0.2) is 28.1 Å². The van der Waals surface area contributed by atoms with Gasteiger partial charge in [-0.15, -0.1) is 0 Å². The minimum Gasteiger partial charge on any atom is -0.504 e. The number of rotatable bonds is 2. The highest BCUT2D eigenvalue weighted by molar-refractivity contribution is 8.18. The number of carbonyl (C=O) groups is 1. The van der Waals surface area contributed by atoms with E-state index < -0.39 is 0 Å². The summed E-state index contributed by atoms with van der Waals surface area (Å²) in [5, 5.41) is 10.2. The van der Waals surface area contributed by atoms with E-state index in [4.69, 9.17) is 4.74 Å². The van der Waals surface area contributed by atoms with Crippen molar-refractivity contribution < 1.29 is 14.6 Å². The lowest BCUT2D eigenvalue weighted by atomic mass is 10.2. The molecule has 5 nitrogen and oxygen atoms in total. The third-order valence-corrected chi connectivity index (χ3v) is 3.85. The van der Waals surface area contributed by atoms with Gasteiger partial charge in [-0.05, 0) is 35.5 Å². The van der Waals surface area contributed by atoms with Crippen molar-refractivity contribution in [2.24, 2.45) is 4.99 Å². The van der Waals surface area contributed by atoms with E-state index in [0.717, 1.165) is 5.56 Å². The fourth-order valence-electron chi connectivity index (χ4n) is 1.68. The number of thioether (sulfide) groups is 1. The van der Waals surface area contributed by atoms with Crippen LogP contribution in [0.2, 0.25) is 0 Å². The fraction of sp³-hybridized carbons (Fsp3) is 0.231. The summed E-state index contributed by atoms with van der Waals surface area (Å²) in [4.78, 5) is 18.1. The predicted molar refractivity (Wildman–Crippen MR) is 76.4 cm³/mol. The number of nitrogens with zero attached hydrogens (tertiary/aromatic N) is 2. The fourth-order valence-corrected chi connectivity index (χ4v) is 2.61. The topological polar surface area (TPSA) is 62.1 Å². The number of aliphatic imine (C=N–C) groups is 1.